The van der Waals surface area contributed by atoms with Gasteiger partial charge in [-0.25, -0.2) is 4.79 Å². The molecule has 1 aromatic rings. The molecular weight excluding hydrogens is 278 g/mol. The summed E-state index contributed by atoms with van der Waals surface area (Å²) < 4.78 is 0. The first kappa shape index (κ1) is 15.3. The van der Waals surface area contributed by atoms with E-state index < -0.39 is 6.10 Å². The van der Waals surface area contributed by atoms with Gasteiger partial charge in [0.1, 0.15) is 0 Å². The van der Waals surface area contributed by atoms with E-state index in [9.17, 15) is 9.90 Å². The number of aliphatic hydroxyl groups is 1. The largest absolute Gasteiger partial charge is 0.390 e. The van der Waals surface area contributed by atoms with Crippen LogP contribution >= 0.6 is 0 Å². The lowest BCUT2D eigenvalue weighted by atomic mass is 10.00. The Balaban J connectivity index is 1.42. The van der Waals surface area contributed by atoms with Crippen molar-refractivity contribution in [1.82, 2.24) is 15.1 Å². The van der Waals surface area contributed by atoms with Crippen LogP contribution in [0.5, 0.6) is 0 Å². The summed E-state index contributed by atoms with van der Waals surface area (Å²) in [7, 11) is 0. The van der Waals surface area contributed by atoms with Crippen molar-refractivity contribution in [1.29, 1.82) is 0 Å². The summed E-state index contributed by atoms with van der Waals surface area (Å²) in [6.45, 7) is 4.46. The molecule has 120 valence electrons. The molecule has 1 aromatic carbocycles. The molecule has 1 saturated heterocycles. The Kier molecular flexibility index (Phi) is 4.95. The fourth-order valence-electron chi connectivity index (χ4n) is 3.31. The Morgan fingerprint density at radius 3 is 2.68 bits per heavy atom. The molecule has 3 rings (SSSR count). The van der Waals surface area contributed by atoms with Gasteiger partial charge in [-0.2, -0.15) is 0 Å². The highest BCUT2D eigenvalue weighted by atomic mass is 16.3. The number of nitrogens with one attached hydrogen (secondary N) is 1. The summed E-state index contributed by atoms with van der Waals surface area (Å²) in [5, 5.41) is 13.0. The van der Waals surface area contributed by atoms with Crippen LogP contribution in [0.1, 0.15) is 24.0 Å². The maximum atomic E-state index is 11.9. The zero-order valence-corrected chi connectivity index (χ0v) is 13.0. The van der Waals surface area contributed by atoms with Crippen molar-refractivity contribution in [3.63, 3.8) is 0 Å². The third-order valence-corrected chi connectivity index (χ3v) is 4.56. The van der Waals surface area contributed by atoms with Crippen LogP contribution in [-0.2, 0) is 13.0 Å². The molecule has 2 amide bonds. The number of carbonyl (C=O) groups is 1. The van der Waals surface area contributed by atoms with Crippen LogP contribution in [0.2, 0.25) is 0 Å². The van der Waals surface area contributed by atoms with Crippen LogP contribution in [0, 0.1) is 0 Å². The van der Waals surface area contributed by atoms with Crippen molar-refractivity contribution in [2.24, 2.45) is 0 Å². The van der Waals surface area contributed by atoms with Gasteiger partial charge < -0.3 is 15.3 Å². The minimum absolute atomic E-state index is 0.0412. The zero-order valence-electron chi connectivity index (χ0n) is 13.0. The summed E-state index contributed by atoms with van der Waals surface area (Å²) in [6, 6.07) is 8.44. The minimum Gasteiger partial charge on any atom is -0.390 e. The highest BCUT2D eigenvalue weighted by molar-refractivity contribution is 5.74. The number of fused-ring (bicyclic) bond motifs is 1. The van der Waals surface area contributed by atoms with Crippen LogP contribution in [-0.4, -0.2) is 59.8 Å². The van der Waals surface area contributed by atoms with Gasteiger partial charge in [0.05, 0.1) is 6.10 Å². The average Bonchev–Trinajstić information content (AvgIpc) is 3.07. The Labute approximate surface area is 131 Å². The molecule has 2 aliphatic heterocycles. The van der Waals surface area contributed by atoms with Gasteiger partial charge in [-0.3, -0.25) is 4.90 Å². The number of benzene rings is 1. The van der Waals surface area contributed by atoms with Crippen molar-refractivity contribution < 1.29 is 9.90 Å². The fourth-order valence-corrected chi connectivity index (χ4v) is 3.31. The summed E-state index contributed by atoms with van der Waals surface area (Å²) in [5.41, 5.74) is 2.76. The van der Waals surface area contributed by atoms with Crippen LogP contribution < -0.4 is 5.32 Å². The van der Waals surface area contributed by atoms with Gasteiger partial charge in [-0.1, -0.05) is 24.3 Å². The fraction of sp³-hybridized carbons (Fsp3) is 0.588. The number of carbonyl (C=O) groups excluding carboxylic acids is 1. The van der Waals surface area contributed by atoms with Crippen molar-refractivity contribution in [2.45, 2.75) is 31.9 Å². The summed E-state index contributed by atoms with van der Waals surface area (Å²) >= 11 is 0. The lowest BCUT2D eigenvalue weighted by Crippen LogP contribution is -2.45. The number of nitrogens with zero attached hydrogens (tertiary/aromatic N) is 2. The lowest BCUT2D eigenvalue weighted by Gasteiger charge is -2.30. The van der Waals surface area contributed by atoms with E-state index >= 15 is 0 Å². The summed E-state index contributed by atoms with van der Waals surface area (Å²) in [5.74, 6) is 0. The van der Waals surface area contributed by atoms with E-state index in [1.165, 1.54) is 11.1 Å². The number of aliphatic hydroxyl groups excluding tert-OH is 1. The Bertz CT molecular complexity index is 514. The number of β-amino-alcohol motifs (C(OH)–C–C–N with tert-alkyl or cyclic N) is 1. The van der Waals surface area contributed by atoms with E-state index in [4.69, 9.17) is 0 Å². The van der Waals surface area contributed by atoms with Crippen LogP contribution in [0.4, 0.5) is 4.79 Å². The van der Waals surface area contributed by atoms with E-state index in [1.807, 2.05) is 4.90 Å². The van der Waals surface area contributed by atoms with Crippen molar-refractivity contribution in [3.05, 3.63) is 35.4 Å². The molecule has 0 aromatic heterocycles. The van der Waals surface area contributed by atoms with Gasteiger partial charge in [0, 0.05) is 39.3 Å². The summed E-state index contributed by atoms with van der Waals surface area (Å²) in [6.07, 6.45) is 2.69. The Hall–Kier alpha value is -1.59. The maximum absolute atomic E-state index is 11.9. The number of likely N-dealkylation sites (tertiary alicyclic amines) is 1. The van der Waals surface area contributed by atoms with Crippen molar-refractivity contribution in [2.75, 3.05) is 32.7 Å². The predicted molar refractivity (Wildman–Crippen MR) is 85.6 cm³/mol. The normalized spacial score (nSPS) is 19.8. The molecule has 2 heterocycles. The van der Waals surface area contributed by atoms with Gasteiger partial charge in [0.2, 0.25) is 0 Å². The number of urea groups is 1. The second-order valence-electron chi connectivity index (χ2n) is 6.29. The first-order chi connectivity index (χ1) is 10.7. The molecule has 22 heavy (non-hydrogen) atoms. The molecule has 2 aliphatic rings. The van der Waals surface area contributed by atoms with Gasteiger partial charge in [-0.05, 0) is 30.4 Å². The van der Waals surface area contributed by atoms with E-state index in [1.54, 1.807) is 0 Å². The van der Waals surface area contributed by atoms with Crippen molar-refractivity contribution >= 4 is 6.03 Å². The molecule has 1 fully saturated rings. The topological polar surface area (TPSA) is 55.8 Å². The van der Waals surface area contributed by atoms with Crippen LogP contribution in [0.25, 0.3) is 0 Å². The number of rotatable bonds is 4. The average molecular weight is 303 g/mol. The molecule has 0 bridgehead atoms. The molecule has 0 aliphatic carbocycles. The van der Waals surface area contributed by atoms with E-state index in [-0.39, 0.29) is 6.03 Å². The quantitative estimate of drug-likeness (QED) is 0.879. The predicted octanol–water partition coefficient (Wildman–Crippen LogP) is 1.21. The Morgan fingerprint density at radius 1 is 1.18 bits per heavy atom. The van der Waals surface area contributed by atoms with Crippen molar-refractivity contribution in [3.8, 4) is 0 Å². The lowest BCUT2D eigenvalue weighted by molar-refractivity contribution is 0.104. The van der Waals surface area contributed by atoms with Gasteiger partial charge >= 0.3 is 6.03 Å². The molecule has 0 radical (unpaired) electrons. The second kappa shape index (κ2) is 7.11. The first-order valence-electron chi connectivity index (χ1n) is 8.22. The minimum atomic E-state index is -0.517. The smallest absolute Gasteiger partial charge is 0.317 e. The molecule has 1 atom stereocenters. The summed E-state index contributed by atoms with van der Waals surface area (Å²) in [4.78, 5) is 16.0. The van der Waals surface area contributed by atoms with Crippen LogP contribution in [0.3, 0.4) is 0 Å². The number of hydrogen-bond donors (Lipinski definition) is 2. The van der Waals surface area contributed by atoms with Gasteiger partial charge in [-0.15, -0.1) is 0 Å². The SMILES string of the molecule is O=C(NCC(O)CN1CCc2ccccc2C1)N1CCCC1. The molecule has 2 N–H and O–H groups in total. The number of amides is 2. The standard InChI is InChI=1S/C17H25N3O2/c21-16(11-18-17(22)20-8-3-4-9-20)13-19-10-7-14-5-1-2-6-15(14)12-19/h1-2,5-6,16,21H,3-4,7-13H2,(H,18,22). The monoisotopic (exact) mass is 303 g/mol. The van der Waals surface area contributed by atoms with E-state index in [0.717, 1.165) is 45.4 Å². The number of hydrogen-bond acceptors (Lipinski definition) is 3. The molecule has 5 heteroatoms. The molecule has 1 unspecified atom stereocenters. The first-order valence-corrected chi connectivity index (χ1v) is 8.22. The van der Waals surface area contributed by atoms with E-state index in [2.05, 4.69) is 34.5 Å². The highest BCUT2D eigenvalue weighted by Crippen LogP contribution is 2.18. The highest BCUT2D eigenvalue weighted by Gasteiger charge is 2.21. The van der Waals surface area contributed by atoms with Gasteiger partial charge in [0.15, 0.2) is 0 Å². The third kappa shape index (κ3) is 3.78. The third-order valence-electron chi connectivity index (χ3n) is 4.56. The molecule has 0 spiro atoms. The van der Waals surface area contributed by atoms with Crippen LogP contribution in [0.15, 0.2) is 24.3 Å². The molecular formula is C17H25N3O2. The second-order valence-corrected chi connectivity index (χ2v) is 6.29. The molecule has 5 nitrogen and oxygen atoms in total. The van der Waals surface area contributed by atoms with Gasteiger partial charge in [0.25, 0.3) is 0 Å². The Morgan fingerprint density at radius 2 is 1.91 bits per heavy atom. The zero-order chi connectivity index (χ0) is 15.4. The maximum Gasteiger partial charge on any atom is 0.317 e. The van der Waals surface area contributed by atoms with E-state index in [0.29, 0.717) is 13.1 Å². The molecule has 0 saturated carbocycles.